The molecule has 3 aromatic carbocycles. The van der Waals surface area contributed by atoms with Gasteiger partial charge in [0.05, 0.1) is 37.0 Å². The van der Waals surface area contributed by atoms with Crippen molar-refractivity contribution in [2.24, 2.45) is 0 Å². The number of amides is 3. The Kier molecular flexibility index (Phi) is 7.25. The van der Waals surface area contributed by atoms with E-state index >= 15 is 0 Å². The number of anilines is 1. The molecule has 0 saturated heterocycles. The van der Waals surface area contributed by atoms with Crippen molar-refractivity contribution in [3.8, 4) is 5.75 Å². The van der Waals surface area contributed by atoms with Gasteiger partial charge in [0, 0.05) is 11.8 Å². The predicted molar refractivity (Wildman–Crippen MR) is 134 cm³/mol. The third-order valence-corrected chi connectivity index (χ3v) is 5.59. The van der Waals surface area contributed by atoms with Crippen molar-refractivity contribution in [3.63, 3.8) is 0 Å². The normalized spacial score (nSPS) is 12.6. The largest absolute Gasteiger partial charge is 0.496 e. The highest BCUT2D eigenvalue weighted by atomic mass is 16.5. The summed E-state index contributed by atoms with van der Waals surface area (Å²) in [5, 5.41) is 2.82. The summed E-state index contributed by atoms with van der Waals surface area (Å²) < 4.78 is 10.2. The van der Waals surface area contributed by atoms with Crippen LogP contribution in [0.5, 0.6) is 5.75 Å². The zero-order valence-corrected chi connectivity index (χ0v) is 19.8. The van der Waals surface area contributed by atoms with Crippen molar-refractivity contribution in [2.45, 2.75) is 13.5 Å². The van der Waals surface area contributed by atoms with Crippen molar-refractivity contribution in [2.75, 3.05) is 19.0 Å². The minimum Gasteiger partial charge on any atom is -0.496 e. The van der Waals surface area contributed by atoms with Crippen molar-refractivity contribution >= 4 is 35.5 Å². The summed E-state index contributed by atoms with van der Waals surface area (Å²) in [5.74, 6) is -1.22. The quantitative estimate of drug-likeness (QED) is 0.290. The average Bonchev–Trinajstić information content (AvgIpc) is 3.13. The fourth-order valence-electron chi connectivity index (χ4n) is 3.83. The Balaban J connectivity index is 1.48. The minimum absolute atomic E-state index is 0.0259. The molecule has 182 valence electrons. The molecule has 36 heavy (non-hydrogen) atoms. The van der Waals surface area contributed by atoms with Gasteiger partial charge in [-0.2, -0.15) is 0 Å². The number of hydrogen-bond donors (Lipinski definition) is 1. The van der Waals surface area contributed by atoms with Crippen molar-refractivity contribution < 1.29 is 28.7 Å². The first kappa shape index (κ1) is 24.4. The maximum atomic E-state index is 13.0. The lowest BCUT2D eigenvalue weighted by molar-refractivity contribution is -0.137. The van der Waals surface area contributed by atoms with Gasteiger partial charge in [0.2, 0.25) is 0 Å². The molecule has 1 aliphatic heterocycles. The van der Waals surface area contributed by atoms with Crippen LogP contribution in [0, 0.1) is 0 Å². The highest BCUT2D eigenvalue weighted by Gasteiger charge is 2.35. The fourth-order valence-corrected chi connectivity index (χ4v) is 3.83. The Labute approximate surface area is 208 Å². The number of carbonyl (C=O) groups is 4. The van der Waals surface area contributed by atoms with Gasteiger partial charge in [0.25, 0.3) is 17.7 Å². The van der Waals surface area contributed by atoms with E-state index in [1.165, 1.54) is 13.2 Å². The summed E-state index contributed by atoms with van der Waals surface area (Å²) in [6.07, 6.45) is 2.96. The number of nitrogens with zero attached hydrogens (tertiary/aromatic N) is 1. The molecule has 0 aliphatic carbocycles. The summed E-state index contributed by atoms with van der Waals surface area (Å²) in [6, 6.07) is 18.5. The first-order valence-corrected chi connectivity index (χ1v) is 11.3. The van der Waals surface area contributed by atoms with Gasteiger partial charge in [0.15, 0.2) is 0 Å². The van der Waals surface area contributed by atoms with Crippen LogP contribution in [0.25, 0.3) is 6.08 Å². The predicted octanol–water partition coefficient (Wildman–Crippen LogP) is 4.32. The Hall–Kier alpha value is -4.72. The van der Waals surface area contributed by atoms with Crippen LogP contribution in [0.3, 0.4) is 0 Å². The Morgan fingerprint density at radius 2 is 1.61 bits per heavy atom. The molecular weight excluding hydrogens is 460 g/mol. The Morgan fingerprint density at radius 1 is 0.944 bits per heavy atom. The third-order valence-electron chi connectivity index (χ3n) is 5.59. The standard InChI is InChI=1S/C28H24N2O6/c1-3-36-25(31)15-11-18-8-12-20(13-9-18)29-26(32)23-16-19(10-14-24(23)35-2)17-30-27(33)21-6-4-5-7-22(21)28(30)34/h4-16H,3,17H2,1-2H3,(H,29,32)/b15-11+. The van der Waals surface area contributed by atoms with Gasteiger partial charge in [0.1, 0.15) is 5.75 Å². The summed E-state index contributed by atoms with van der Waals surface area (Å²) in [4.78, 5) is 51.1. The van der Waals surface area contributed by atoms with E-state index in [9.17, 15) is 19.2 Å². The minimum atomic E-state index is -0.428. The summed E-state index contributed by atoms with van der Waals surface area (Å²) in [7, 11) is 1.46. The molecule has 4 rings (SSSR count). The molecule has 0 fully saturated rings. The van der Waals surface area contributed by atoms with Crippen LogP contribution in [0.15, 0.2) is 72.8 Å². The number of nitrogens with one attached hydrogen (secondary N) is 1. The summed E-state index contributed by atoms with van der Waals surface area (Å²) >= 11 is 0. The fraction of sp³-hybridized carbons (Fsp3) is 0.143. The van der Waals surface area contributed by atoms with E-state index in [4.69, 9.17) is 9.47 Å². The van der Waals surface area contributed by atoms with E-state index in [0.29, 0.717) is 34.7 Å². The van der Waals surface area contributed by atoms with E-state index in [1.807, 2.05) is 0 Å². The number of carbonyl (C=O) groups excluding carboxylic acids is 4. The third kappa shape index (κ3) is 5.17. The first-order valence-electron chi connectivity index (χ1n) is 11.3. The molecule has 0 radical (unpaired) electrons. The zero-order valence-electron chi connectivity index (χ0n) is 19.8. The smallest absolute Gasteiger partial charge is 0.330 e. The van der Waals surface area contributed by atoms with Crippen molar-refractivity contribution in [3.05, 3.63) is 101 Å². The molecule has 8 nitrogen and oxygen atoms in total. The molecule has 8 heteroatoms. The molecular formula is C28H24N2O6. The first-order chi connectivity index (χ1) is 17.4. The molecule has 0 saturated carbocycles. The van der Waals surface area contributed by atoms with Crippen LogP contribution in [0.1, 0.15) is 49.1 Å². The molecule has 0 aromatic heterocycles. The van der Waals surface area contributed by atoms with Crippen molar-refractivity contribution in [1.82, 2.24) is 4.90 Å². The Bertz CT molecular complexity index is 1330. The number of esters is 1. The van der Waals surface area contributed by atoms with Gasteiger partial charge in [-0.15, -0.1) is 0 Å². The van der Waals surface area contributed by atoms with Crippen LogP contribution in [0.4, 0.5) is 5.69 Å². The molecule has 0 spiro atoms. The number of benzene rings is 3. The molecule has 3 aromatic rings. The maximum absolute atomic E-state index is 13.0. The number of hydrogen-bond acceptors (Lipinski definition) is 6. The van der Waals surface area contributed by atoms with Gasteiger partial charge < -0.3 is 14.8 Å². The zero-order chi connectivity index (χ0) is 25.7. The molecule has 1 heterocycles. The summed E-state index contributed by atoms with van der Waals surface area (Å²) in [5.41, 5.74) is 2.92. The van der Waals surface area contributed by atoms with E-state index < -0.39 is 11.9 Å². The number of ether oxygens (including phenoxy) is 2. The van der Waals surface area contributed by atoms with Gasteiger partial charge in [-0.1, -0.05) is 30.3 Å². The van der Waals surface area contributed by atoms with Crippen LogP contribution < -0.4 is 10.1 Å². The van der Waals surface area contributed by atoms with Gasteiger partial charge >= 0.3 is 5.97 Å². The number of fused-ring (bicyclic) bond motifs is 1. The van der Waals surface area contributed by atoms with Gasteiger partial charge in [-0.05, 0) is 60.5 Å². The van der Waals surface area contributed by atoms with Crippen LogP contribution >= 0.6 is 0 Å². The maximum Gasteiger partial charge on any atom is 0.330 e. The highest BCUT2D eigenvalue weighted by molar-refractivity contribution is 6.21. The molecule has 1 N–H and O–H groups in total. The molecule has 3 amide bonds. The van der Waals surface area contributed by atoms with E-state index in [0.717, 1.165) is 10.5 Å². The number of methoxy groups -OCH3 is 1. The van der Waals surface area contributed by atoms with E-state index in [2.05, 4.69) is 5.32 Å². The monoisotopic (exact) mass is 484 g/mol. The molecule has 0 unspecified atom stereocenters. The number of rotatable bonds is 8. The van der Waals surface area contributed by atoms with Crippen LogP contribution in [-0.4, -0.2) is 42.3 Å². The average molecular weight is 485 g/mol. The van der Waals surface area contributed by atoms with Crippen LogP contribution in [-0.2, 0) is 16.1 Å². The molecule has 1 aliphatic rings. The lowest BCUT2D eigenvalue weighted by atomic mass is 10.1. The topological polar surface area (TPSA) is 102 Å². The Morgan fingerprint density at radius 3 is 2.22 bits per heavy atom. The second-order valence-electron chi connectivity index (χ2n) is 7.94. The molecule has 0 atom stereocenters. The van der Waals surface area contributed by atoms with Gasteiger partial charge in [-0.25, -0.2) is 4.79 Å². The van der Waals surface area contributed by atoms with E-state index in [-0.39, 0.29) is 23.9 Å². The summed E-state index contributed by atoms with van der Waals surface area (Å²) in [6.45, 7) is 2.06. The SMILES string of the molecule is CCOC(=O)/C=C/c1ccc(NC(=O)c2cc(CN3C(=O)c4ccccc4C3=O)ccc2OC)cc1. The molecule has 0 bridgehead atoms. The lowest BCUT2D eigenvalue weighted by Crippen LogP contribution is -2.29. The second-order valence-corrected chi connectivity index (χ2v) is 7.94. The van der Waals surface area contributed by atoms with Crippen LogP contribution in [0.2, 0.25) is 0 Å². The van der Waals surface area contributed by atoms with E-state index in [1.54, 1.807) is 79.7 Å². The second kappa shape index (κ2) is 10.7. The number of imide groups is 1. The highest BCUT2D eigenvalue weighted by Crippen LogP contribution is 2.27. The van der Waals surface area contributed by atoms with Gasteiger partial charge in [-0.3, -0.25) is 19.3 Å². The lowest BCUT2D eigenvalue weighted by Gasteiger charge is -2.16. The van der Waals surface area contributed by atoms with Crippen molar-refractivity contribution in [1.29, 1.82) is 0 Å².